The number of aromatic nitrogens is 1. The second-order valence-electron chi connectivity index (χ2n) is 5.37. The third-order valence-electron chi connectivity index (χ3n) is 3.75. The number of rotatable bonds is 3. The summed E-state index contributed by atoms with van der Waals surface area (Å²) >= 11 is 0. The van der Waals surface area contributed by atoms with E-state index in [-0.39, 0.29) is 18.1 Å². The molecule has 0 radical (unpaired) electrons. The first-order valence-corrected chi connectivity index (χ1v) is 7.57. The van der Waals surface area contributed by atoms with E-state index in [9.17, 15) is 9.59 Å². The maximum atomic E-state index is 12.1. The molecule has 2 aromatic rings. The number of hydrogen-bond donors (Lipinski definition) is 2. The highest BCUT2D eigenvalue weighted by molar-refractivity contribution is 5.94. The van der Waals surface area contributed by atoms with Gasteiger partial charge in [0.25, 0.3) is 11.8 Å². The lowest BCUT2D eigenvalue weighted by atomic mass is 10.0. The largest absolute Gasteiger partial charge is 0.362 e. The number of carbonyl (C=O) groups is 2. The van der Waals surface area contributed by atoms with E-state index in [1.54, 1.807) is 18.2 Å². The van der Waals surface area contributed by atoms with Gasteiger partial charge < -0.3 is 4.90 Å². The molecule has 0 unspecified atom stereocenters. The molecule has 6 nitrogen and oxygen atoms in total. The number of fused-ring (bicyclic) bond motifs is 1. The smallest absolute Gasteiger partial charge is 0.288 e. The number of benzene rings is 1. The van der Waals surface area contributed by atoms with Crippen LogP contribution in [0.5, 0.6) is 0 Å². The van der Waals surface area contributed by atoms with Crippen LogP contribution in [0.1, 0.15) is 22.5 Å². The Balaban J connectivity index is 1.55. The molecular formula is C17H18N4O2. The van der Waals surface area contributed by atoms with Gasteiger partial charge in [0, 0.05) is 18.4 Å². The first kappa shape index (κ1) is 15.0. The average molecular weight is 310 g/mol. The lowest BCUT2D eigenvalue weighted by molar-refractivity contribution is -0.120. The number of anilines is 1. The zero-order valence-corrected chi connectivity index (χ0v) is 12.7. The maximum Gasteiger partial charge on any atom is 0.288 e. The molecule has 2 amide bonds. The number of nitrogens with zero attached hydrogens (tertiary/aromatic N) is 2. The Hall–Kier alpha value is -2.89. The molecular weight excluding hydrogens is 292 g/mol. The van der Waals surface area contributed by atoms with E-state index in [2.05, 4.69) is 21.9 Å². The van der Waals surface area contributed by atoms with Gasteiger partial charge in [0.2, 0.25) is 0 Å². The molecule has 1 aromatic heterocycles. The summed E-state index contributed by atoms with van der Waals surface area (Å²) in [6, 6.07) is 13.1. The van der Waals surface area contributed by atoms with Gasteiger partial charge in [-0.25, -0.2) is 0 Å². The fourth-order valence-corrected chi connectivity index (χ4v) is 2.68. The van der Waals surface area contributed by atoms with Gasteiger partial charge in [0.15, 0.2) is 0 Å². The maximum absolute atomic E-state index is 12.1. The number of carbonyl (C=O) groups excluding carboxylic acids is 2. The number of amides is 2. The molecule has 0 fully saturated rings. The Bertz CT molecular complexity index is 703. The second-order valence-corrected chi connectivity index (χ2v) is 5.37. The van der Waals surface area contributed by atoms with Gasteiger partial charge in [-0.1, -0.05) is 24.3 Å². The molecule has 118 valence electrons. The van der Waals surface area contributed by atoms with E-state index in [0.717, 1.165) is 25.1 Å². The highest BCUT2D eigenvalue weighted by Crippen LogP contribution is 2.26. The fraction of sp³-hybridized carbons (Fsp3) is 0.235. The minimum atomic E-state index is -0.432. The summed E-state index contributed by atoms with van der Waals surface area (Å²) in [6.45, 7) is 1.04. The van der Waals surface area contributed by atoms with E-state index in [4.69, 9.17) is 0 Å². The zero-order chi connectivity index (χ0) is 16.1. The number of nitrogens with one attached hydrogen (secondary N) is 2. The number of hydrogen-bond acceptors (Lipinski definition) is 4. The van der Waals surface area contributed by atoms with Gasteiger partial charge in [-0.15, -0.1) is 0 Å². The van der Waals surface area contributed by atoms with Crippen molar-refractivity contribution in [3.63, 3.8) is 0 Å². The predicted octanol–water partition coefficient (Wildman–Crippen LogP) is 1.30. The van der Waals surface area contributed by atoms with Crippen molar-refractivity contribution in [2.24, 2.45) is 0 Å². The van der Waals surface area contributed by atoms with Crippen LogP contribution in [0.4, 0.5) is 5.69 Å². The lowest BCUT2D eigenvalue weighted by Gasteiger charge is -2.30. The van der Waals surface area contributed by atoms with Gasteiger partial charge in [0.05, 0.1) is 6.54 Å². The van der Waals surface area contributed by atoms with Crippen molar-refractivity contribution >= 4 is 17.5 Å². The summed E-state index contributed by atoms with van der Waals surface area (Å²) in [5.74, 6) is -0.691. The van der Waals surface area contributed by atoms with Gasteiger partial charge in [0.1, 0.15) is 5.69 Å². The molecule has 0 atom stereocenters. The number of aryl methyl sites for hydroxylation is 1. The van der Waals surface area contributed by atoms with Crippen LogP contribution >= 0.6 is 0 Å². The molecule has 2 heterocycles. The molecule has 2 N–H and O–H groups in total. The molecule has 1 aromatic carbocycles. The van der Waals surface area contributed by atoms with Crippen molar-refractivity contribution in [3.8, 4) is 0 Å². The first-order chi connectivity index (χ1) is 11.2. The van der Waals surface area contributed by atoms with Crippen LogP contribution in [-0.2, 0) is 11.2 Å². The second kappa shape index (κ2) is 6.91. The normalized spacial score (nSPS) is 13.1. The summed E-state index contributed by atoms with van der Waals surface area (Å²) in [7, 11) is 0. The van der Waals surface area contributed by atoms with Crippen molar-refractivity contribution in [1.29, 1.82) is 0 Å². The van der Waals surface area contributed by atoms with Crippen molar-refractivity contribution in [2.45, 2.75) is 12.8 Å². The third kappa shape index (κ3) is 3.66. The van der Waals surface area contributed by atoms with E-state index in [0.29, 0.717) is 0 Å². The summed E-state index contributed by atoms with van der Waals surface area (Å²) in [4.78, 5) is 29.9. The summed E-state index contributed by atoms with van der Waals surface area (Å²) in [5, 5.41) is 0. The van der Waals surface area contributed by atoms with Crippen molar-refractivity contribution in [1.82, 2.24) is 15.8 Å². The van der Waals surface area contributed by atoms with Gasteiger partial charge >= 0.3 is 0 Å². The van der Waals surface area contributed by atoms with Crippen LogP contribution < -0.4 is 15.8 Å². The Kier molecular flexibility index (Phi) is 4.52. The first-order valence-electron chi connectivity index (χ1n) is 7.57. The topological polar surface area (TPSA) is 74.3 Å². The third-order valence-corrected chi connectivity index (χ3v) is 3.75. The monoisotopic (exact) mass is 310 g/mol. The number of pyridine rings is 1. The summed E-state index contributed by atoms with van der Waals surface area (Å²) in [6.07, 6.45) is 3.58. The van der Waals surface area contributed by atoms with E-state index in [1.807, 2.05) is 23.1 Å². The van der Waals surface area contributed by atoms with E-state index in [1.165, 1.54) is 11.8 Å². The predicted molar refractivity (Wildman–Crippen MR) is 86.8 cm³/mol. The zero-order valence-electron chi connectivity index (χ0n) is 12.7. The number of para-hydroxylation sites is 1. The Morgan fingerprint density at radius 1 is 1.09 bits per heavy atom. The molecule has 0 bridgehead atoms. The molecule has 0 saturated carbocycles. The molecule has 0 spiro atoms. The molecule has 1 aliphatic rings. The molecule has 0 aliphatic carbocycles. The summed E-state index contributed by atoms with van der Waals surface area (Å²) in [5.41, 5.74) is 7.43. The average Bonchev–Trinajstić information content (AvgIpc) is 2.61. The minimum Gasteiger partial charge on any atom is -0.362 e. The molecule has 1 aliphatic heterocycles. The number of hydrazine groups is 1. The van der Waals surface area contributed by atoms with Gasteiger partial charge in [-0.2, -0.15) is 0 Å². The molecule has 0 saturated heterocycles. The van der Waals surface area contributed by atoms with Crippen LogP contribution in [-0.4, -0.2) is 29.9 Å². The molecule has 6 heteroatoms. The van der Waals surface area contributed by atoms with Gasteiger partial charge in [-0.05, 0) is 36.6 Å². The molecule has 3 rings (SSSR count). The van der Waals surface area contributed by atoms with Gasteiger partial charge in [-0.3, -0.25) is 25.4 Å². The SMILES string of the molecule is O=C(CN1CCCc2ccccc21)NNC(=O)c1ccccn1. The van der Waals surface area contributed by atoms with Crippen molar-refractivity contribution in [3.05, 3.63) is 59.9 Å². The van der Waals surface area contributed by atoms with Crippen LogP contribution in [0.2, 0.25) is 0 Å². The molecule has 23 heavy (non-hydrogen) atoms. The van der Waals surface area contributed by atoms with Crippen molar-refractivity contribution < 1.29 is 9.59 Å². The Morgan fingerprint density at radius 2 is 1.91 bits per heavy atom. The van der Waals surface area contributed by atoms with Crippen LogP contribution in [0.15, 0.2) is 48.7 Å². The minimum absolute atomic E-state index is 0.208. The lowest BCUT2D eigenvalue weighted by Crippen LogP contribution is -2.47. The van der Waals surface area contributed by atoms with Crippen LogP contribution in [0.25, 0.3) is 0 Å². The fourth-order valence-electron chi connectivity index (χ4n) is 2.68. The Morgan fingerprint density at radius 3 is 2.74 bits per heavy atom. The van der Waals surface area contributed by atoms with E-state index < -0.39 is 5.91 Å². The Labute approximate surface area is 134 Å². The summed E-state index contributed by atoms with van der Waals surface area (Å²) < 4.78 is 0. The van der Waals surface area contributed by atoms with Crippen molar-refractivity contribution in [2.75, 3.05) is 18.0 Å². The quantitative estimate of drug-likeness (QED) is 0.838. The highest BCUT2D eigenvalue weighted by Gasteiger charge is 2.18. The van der Waals surface area contributed by atoms with Crippen LogP contribution in [0.3, 0.4) is 0 Å². The highest BCUT2D eigenvalue weighted by atomic mass is 16.2. The van der Waals surface area contributed by atoms with E-state index >= 15 is 0 Å². The standard InChI is InChI=1S/C17H18N4O2/c22-16(19-20-17(23)14-8-3-4-10-18-14)12-21-11-5-7-13-6-1-2-9-15(13)21/h1-4,6,8-10H,5,7,11-12H2,(H,19,22)(H,20,23). The van der Waals surface area contributed by atoms with Crippen LogP contribution in [0, 0.1) is 0 Å².